The van der Waals surface area contributed by atoms with Crippen molar-refractivity contribution in [1.82, 2.24) is 20.1 Å². The number of methoxy groups -OCH3 is 4. The van der Waals surface area contributed by atoms with Crippen molar-refractivity contribution in [3.05, 3.63) is 87.8 Å². The zero-order valence-corrected chi connectivity index (χ0v) is 25.0. The number of carbonyl (C=O) groups excluding carboxylic acids is 1. The molecule has 1 heterocycles. The minimum absolute atomic E-state index is 0.0972. The second-order valence-corrected chi connectivity index (χ2v) is 9.71. The maximum absolute atomic E-state index is 12.8. The number of aryl methyl sites for hydroxylation is 1. The molecule has 4 aromatic rings. The van der Waals surface area contributed by atoms with Gasteiger partial charge in [-0.05, 0) is 60.0 Å². The normalized spacial score (nSPS) is 10.6. The number of nitrogens with one attached hydrogen (secondary N) is 1. The van der Waals surface area contributed by atoms with E-state index in [-0.39, 0.29) is 30.3 Å². The first-order chi connectivity index (χ1) is 20.8. The highest BCUT2D eigenvalue weighted by Crippen LogP contribution is 2.32. The van der Waals surface area contributed by atoms with Crippen LogP contribution in [0.4, 0.5) is 0 Å². The van der Waals surface area contributed by atoms with Crippen LogP contribution in [0, 0.1) is 0 Å². The predicted octanol–water partition coefficient (Wildman–Crippen LogP) is 4.08. The third kappa shape index (κ3) is 8.03. The number of hydrogen-bond donors (Lipinski definition) is 1. The highest BCUT2D eigenvalue weighted by atomic mass is 16.5. The summed E-state index contributed by atoms with van der Waals surface area (Å²) in [6.07, 6.45) is 0.946. The van der Waals surface area contributed by atoms with E-state index in [0.29, 0.717) is 48.1 Å². The van der Waals surface area contributed by atoms with E-state index in [1.807, 2.05) is 42.5 Å². The lowest BCUT2D eigenvalue weighted by atomic mass is 10.1. The van der Waals surface area contributed by atoms with E-state index in [0.717, 1.165) is 16.9 Å². The number of rotatable bonds is 14. The third-order valence-corrected chi connectivity index (χ3v) is 6.92. The Morgan fingerprint density at radius 1 is 0.791 bits per heavy atom. The topological polar surface area (TPSA) is 125 Å². The van der Waals surface area contributed by atoms with Gasteiger partial charge in [0.2, 0.25) is 5.91 Å². The molecular formula is C32H36N4O7. The molecule has 11 heteroatoms. The van der Waals surface area contributed by atoms with Crippen molar-refractivity contribution < 1.29 is 28.5 Å². The molecule has 11 nitrogen and oxygen atoms in total. The molecule has 0 aliphatic carbocycles. The van der Waals surface area contributed by atoms with Crippen molar-refractivity contribution in [3.63, 3.8) is 0 Å². The number of benzene rings is 3. The lowest BCUT2D eigenvalue weighted by molar-refractivity contribution is -0.129. The van der Waals surface area contributed by atoms with E-state index in [1.54, 1.807) is 51.5 Å². The SMILES string of the molecule is COc1cccc(COc2ccc(-c3nnc(CCC(=O)N(C)CCc4ccc(OC)c(OC)c4)c(=O)[nH]3)cc2OC)c1. The van der Waals surface area contributed by atoms with Gasteiger partial charge in [-0.25, -0.2) is 0 Å². The van der Waals surface area contributed by atoms with Gasteiger partial charge in [0, 0.05) is 32.0 Å². The molecule has 0 atom stereocenters. The number of carbonyl (C=O) groups is 1. The minimum Gasteiger partial charge on any atom is -0.497 e. The average Bonchev–Trinajstić information content (AvgIpc) is 3.05. The maximum atomic E-state index is 12.8. The fourth-order valence-electron chi connectivity index (χ4n) is 4.39. The number of aromatic nitrogens is 3. The molecule has 0 saturated carbocycles. The second-order valence-electron chi connectivity index (χ2n) is 9.71. The largest absolute Gasteiger partial charge is 0.497 e. The van der Waals surface area contributed by atoms with Gasteiger partial charge in [0.05, 0.1) is 28.4 Å². The molecule has 43 heavy (non-hydrogen) atoms. The fourth-order valence-corrected chi connectivity index (χ4v) is 4.39. The van der Waals surface area contributed by atoms with Crippen molar-refractivity contribution in [2.75, 3.05) is 42.0 Å². The molecule has 1 N–H and O–H groups in total. The van der Waals surface area contributed by atoms with Gasteiger partial charge in [-0.1, -0.05) is 18.2 Å². The van der Waals surface area contributed by atoms with Gasteiger partial charge in [0.1, 0.15) is 18.1 Å². The summed E-state index contributed by atoms with van der Waals surface area (Å²) in [6, 6.07) is 18.5. The summed E-state index contributed by atoms with van der Waals surface area (Å²) >= 11 is 0. The van der Waals surface area contributed by atoms with Gasteiger partial charge < -0.3 is 33.6 Å². The predicted molar refractivity (Wildman–Crippen MR) is 161 cm³/mol. The molecule has 1 amide bonds. The van der Waals surface area contributed by atoms with Crippen molar-refractivity contribution in [2.45, 2.75) is 25.9 Å². The van der Waals surface area contributed by atoms with Crippen molar-refractivity contribution >= 4 is 5.91 Å². The number of likely N-dealkylation sites (N-methyl/N-ethyl adjacent to an activating group) is 1. The highest BCUT2D eigenvalue weighted by Gasteiger charge is 2.15. The van der Waals surface area contributed by atoms with E-state index in [4.69, 9.17) is 23.7 Å². The number of amides is 1. The van der Waals surface area contributed by atoms with Crippen LogP contribution in [0.3, 0.4) is 0 Å². The lowest BCUT2D eigenvalue weighted by Crippen LogP contribution is -2.30. The van der Waals surface area contributed by atoms with Gasteiger partial charge in [-0.15, -0.1) is 10.2 Å². The Kier molecular flexibility index (Phi) is 10.6. The minimum atomic E-state index is -0.400. The van der Waals surface area contributed by atoms with Gasteiger partial charge in [0.15, 0.2) is 28.8 Å². The number of nitrogens with zero attached hydrogens (tertiary/aromatic N) is 3. The third-order valence-electron chi connectivity index (χ3n) is 6.92. The van der Waals surface area contributed by atoms with Gasteiger partial charge in [-0.2, -0.15) is 0 Å². The van der Waals surface area contributed by atoms with E-state index in [2.05, 4.69) is 15.2 Å². The van der Waals surface area contributed by atoms with E-state index < -0.39 is 5.56 Å². The summed E-state index contributed by atoms with van der Waals surface area (Å²) in [7, 11) is 8.06. The van der Waals surface area contributed by atoms with Gasteiger partial charge >= 0.3 is 0 Å². The molecule has 0 spiro atoms. The Balaban J connectivity index is 1.33. The number of aromatic amines is 1. The first kappa shape index (κ1) is 30.9. The summed E-state index contributed by atoms with van der Waals surface area (Å²) in [6.45, 7) is 0.832. The van der Waals surface area contributed by atoms with Crippen LogP contribution in [0.1, 0.15) is 23.2 Å². The Morgan fingerprint density at radius 2 is 1.53 bits per heavy atom. The van der Waals surface area contributed by atoms with Crippen molar-refractivity contribution in [2.24, 2.45) is 0 Å². The van der Waals surface area contributed by atoms with E-state index in [9.17, 15) is 9.59 Å². The molecule has 0 aliphatic heterocycles. The van der Waals surface area contributed by atoms with Gasteiger partial charge in [-0.3, -0.25) is 9.59 Å². The van der Waals surface area contributed by atoms with E-state index in [1.165, 1.54) is 7.11 Å². The number of hydrogen-bond acceptors (Lipinski definition) is 9. The van der Waals surface area contributed by atoms with Crippen LogP contribution in [0.5, 0.6) is 28.7 Å². The van der Waals surface area contributed by atoms with Crippen LogP contribution in [-0.2, 0) is 24.2 Å². The summed E-state index contributed by atoms with van der Waals surface area (Å²) in [5.74, 6) is 3.24. The first-order valence-corrected chi connectivity index (χ1v) is 13.7. The smallest absolute Gasteiger partial charge is 0.273 e. The second kappa shape index (κ2) is 14.7. The molecule has 1 aromatic heterocycles. The zero-order valence-electron chi connectivity index (χ0n) is 25.0. The summed E-state index contributed by atoms with van der Waals surface area (Å²) in [5.41, 5.74) is 2.36. The molecule has 226 valence electrons. The van der Waals surface area contributed by atoms with Crippen LogP contribution in [0.25, 0.3) is 11.4 Å². The summed E-state index contributed by atoms with van der Waals surface area (Å²) in [4.78, 5) is 29.9. The molecule has 3 aromatic carbocycles. The Labute approximate surface area is 250 Å². The zero-order chi connectivity index (χ0) is 30.8. The highest BCUT2D eigenvalue weighted by molar-refractivity contribution is 5.76. The molecule has 0 radical (unpaired) electrons. The number of H-pyrrole nitrogens is 1. The molecule has 0 bridgehead atoms. The summed E-state index contributed by atoms with van der Waals surface area (Å²) < 4.78 is 27.3. The van der Waals surface area contributed by atoms with Crippen LogP contribution in [0.2, 0.25) is 0 Å². The number of ether oxygens (including phenoxy) is 5. The maximum Gasteiger partial charge on any atom is 0.273 e. The molecule has 0 saturated heterocycles. The monoisotopic (exact) mass is 588 g/mol. The van der Waals surface area contributed by atoms with Crippen molar-refractivity contribution in [3.8, 4) is 40.1 Å². The lowest BCUT2D eigenvalue weighted by Gasteiger charge is -2.17. The Bertz CT molecular complexity index is 1610. The molecule has 0 fully saturated rings. The van der Waals surface area contributed by atoms with Crippen LogP contribution >= 0.6 is 0 Å². The Hall–Kier alpha value is -5.06. The van der Waals surface area contributed by atoms with Crippen LogP contribution in [-0.4, -0.2) is 68.0 Å². The molecule has 4 rings (SSSR count). The molecular weight excluding hydrogens is 552 g/mol. The first-order valence-electron chi connectivity index (χ1n) is 13.7. The summed E-state index contributed by atoms with van der Waals surface area (Å²) in [5, 5.41) is 8.30. The van der Waals surface area contributed by atoms with Crippen LogP contribution < -0.4 is 29.2 Å². The fraction of sp³-hybridized carbons (Fsp3) is 0.312. The Morgan fingerprint density at radius 3 is 2.26 bits per heavy atom. The average molecular weight is 589 g/mol. The van der Waals surface area contributed by atoms with E-state index >= 15 is 0 Å². The van der Waals surface area contributed by atoms with Gasteiger partial charge in [0.25, 0.3) is 5.56 Å². The standard InChI is InChI=1S/C32H36N4O7/c1-36(16-15-21-9-12-26(40-3)28(18-21)41-4)30(37)14-11-25-32(38)33-31(35-34-25)23-10-13-27(29(19-23)42-5)43-20-22-7-6-8-24(17-22)39-2/h6-10,12-13,17-19H,11,14-16,20H2,1-5H3,(H,33,35,38). The van der Waals surface area contributed by atoms with Crippen LogP contribution in [0.15, 0.2) is 65.5 Å². The quantitative estimate of drug-likeness (QED) is 0.232. The molecule has 0 aliphatic rings. The van der Waals surface area contributed by atoms with Crippen molar-refractivity contribution in [1.29, 1.82) is 0 Å². The molecule has 0 unspecified atom stereocenters.